The summed E-state index contributed by atoms with van der Waals surface area (Å²) >= 11 is 0. The summed E-state index contributed by atoms with van der Waals surface area (Å²) in [6, 6.07) is 9.29. The zero-order valence-electron chi connectivity index (χ0n) is 11.3. The summed E-state index contributed by atoms with van der Waals surface area (Å²) in [5, 5.41) is 1.56. The number of carbonyl (C=O) groups is 1. The van der Waals surface area contributed by atoms with Crippen molar-refractivity contribution in [2.45, 2.75) is 20.4 Å². The molecule has 0 aliphatic heterocycles. The molecule has 1 aromatic carbocycles. The first-order valence-corrected chi connectivity index (χ1v) is 6.12. The number of hydrogen-bond donors (Lipinski definition) is 0. The zero-order valence-corrected chi connectivity index (χ0v) is 11.3. The molecule has 0 aliphatic rings. The molecule has 1 aromatic heterocycles. The average molecular weight is 259 g/mol. The standard InChI is InChI=1S/C15H17NO3/c1-15(2,14(18)19-3)10-16-9-8-11-6-4-5-7-12(11)13(16)17/h4-9H,10H2,1-3H3. The smallest absolute Gasteiger partial charge is 0.313 e. The monoisotopic (exact) mass is 259 g/mol. The van der Waals surface area contributed by atoms with Crippen LogP contribution in [-0.2, 0) is 16.1 Å². The maximum Gasteiger partial charge on any atom is 0.313 e. The van der Waals surface area contributed by atoms with E-state index in [9.17, 15) is 9.59 Å². The van der Waals surface area contributed by atoms with Gasteiger partial charge in [-0.15, -0.1) is 0 Å². The minimum absolute atomic E-state index is 0.0879. The van der Waals surface area contributed by atoms with Crippen LogP contribution >= 0.6 is 0 Å². The Labute approximate surface area is 111 Å². The van der Waals surface area contributed by atoms with Crippen molar-refractivity contribution in [1.29, 1.82) is 0 Å². The maximum absolute atomic E-state index is 12.3. The van der Waals surface area contributed by atoms with Crippen LogP contribution in [0.2, 0.25) is 0 Å². The summed E-state index contributed by atoms with van der Waals surface area (Å²) in [5.74, 6) is -0.326. The molecule has 2 aromatic rings. The molecule has 4 nitrogen and oxygen atoms in total. The molecule has 0 saturated heterocycles. The summed E-state index contributed by atoms with van der Waals surface area (Å²) in [5.41, 5.74) is -0.823. The Kier molecular flexibility index (Phi) is 3.42. The second kappa shape index (κ2) is 4.88. The van der Waals surface area contributed by atoms with Crippen molar-refractivity contribution in [2.24, 2.45) is 5.41 Å². The van der Waals surface area contributed by atoms with E-state index in [-0.39, 0.29) is 11.5 Å². The molecule has 0 unspecified atom stereocenters. The van der Waals surface area contributed by atoms with Gasteiger partial charge in [0.15, 0.2) is 0 Å². The van der Waals surface area contributed by atoms with Crippen molar-refractivity contribution >= 4 is 16.7 Å². The van der Waals surface area contributed by atoms with Gasteiger partial charge in [0.1, 0.15) is 0 Å². The lowest BCUT2D eigenvalue weighted by Crippen LogP contribution is -2.34. The van der Waals surface area contributed by atoms with Gasteiger partial charge < -0.3 is 9.30 Å². The second-order valence-corrected chi connectivity index (χ2v) is 5.21. The van der Waals surface area contributed by atoms with E-state index in [2.05, 4.69) is 0 Å². The molecule has 4 heteroatoms. The van der Waals surface area contributed by atoms with Crippen molar-refractivity contribution in [2.75, 3.05) is 7.11 Å². The zero-order chi connectivity index (χ0) is 14.0. The third-order valence-electron chi connectivity index (χ3n) is 3.19. The predicted octanol–water partition coefficient (Wildman–Crippen LogP) is 2.20. The molecule has 2 rings (SSSR count). The number of ether oxygens (including phenoxy) is 1. The molecule has 0 saturated carbocycles. The van der Waals surface area contributed by atoms with Gasteiger partial charge in [-0.3, -0.25) is 9.59 Å². The van der Waals surface area contributed by atoms with Gasteiger partial charge in [-0.25, -0.2) is 0 Å². The molecule has 0 radical (unpaired) electrons. The maximum atomic E-state index is 12.3. The summed E-state index contributed by atoms with van der Waals surface area (Å²) in [6.07, 6.45) is 1.72. The number of hydrogen-bond acceptors (Lipinski definition) is 3. The number of nitrogens with zero attached hydrogens (tertiary/aromatic N) is 1. The molecule has 0 atom stereocenters. The van der Waals surface area contributed by atoms with Gasteiger partial charge in [-0.2, -0.15) is 0 Å². The highest BCUT2D eigenvalue weighted by Crippen LogP contribution is 2.19. The number of methoxy groups -OCH3 is 1. The van der Waals surface area contributed by atoms with E-state index in [0.717, 1.165) is 5.39 Å². The van der Waals surface area contributed by atoms with E-state index in [0.29, 0.717) is 11.9 Å². The molecule has 1 heterocycles. The Hall–Kier alpha value is -2.10. The lowest BCUT2D eigenvalue weighted by molar-refractivity contribution is -0.151. The van der Waals surface area contributed by atoms with E-state index < -0.39 is 5.41 Å². The number of pyridine rings is 1. The molecule has 0 amide bonds. The number of benzene rings is 1. The molecule has 0 bridgehead atoms. The molecule has 0 aliphatic carbocycles. The molecular formula is C15H17NO3. The highest BCUT2D eigenvalue weighted by Gasteiger charge is 2.29. The van der Waals surface area contributed by atoms with Crippen LogP contribution in [0.1, 0.15) is 13.8 Å². The second-order valence-electron chi connectivity index (χ2n) is 5.21. The van der Waals surface area contributed by atoms with Gasteiger partial charge in [-0.1, -0.05) is 18.2 Å². The first-order chi connectivity index (χ1) is 8.95. The Morgan fingerprint density at radius 3 is 2.63 bits per heavy atom. The number of esters is 1. The number of carbonyl (C=O) groups excluding carboxylic acids is 1. The largest absolute Gasteiger partial charge is 0.469 e. The van der Waals surface area contributed by atoms with Crippen LogP contribution in [0, 0.1) is 5.41 Å². The summed E-state index contributed by atoms with van der Waals surface area (Å²) < 4.78 is 6.32. The van der Waals surface area contributed by atoms with E-state index in [4.69, 9.17) is 4.74 Å². The number of rotatable bonds is 3. The SMILES string of the molecule is COC(=O)C(C)(C)Cn1ccc2ccccc2c1=O. The van der Waals surface area contributed by atoms with E-state index in [1.807, 2.05) is 24.3 Å². The van der Waals surface area contributed by atoms with Crippen molar-refractivity contribution in [3.05, 3.63) is 46.9 Å². The summed E-state index contributed by atoms with van der Waals surface area (Å²) in [7, 11) is 1.35. The average Bonchev–Trinajstić information content (AvgIpc) is 2.41. The van der Waals surface area contributed by atoms with E-state index in [1.54, 1.807) is 30.7 Å². The first-order valence-electron chi connectivity index (χ1n) is 6.12. The van der Waals surface area contributed by atoms with Crippen LogP contribution in [0.5, 0.6) is 0 Å². The Bertz CT molecular complexity index is 670. The van der Waals surface area contributed by atoms with Gasteiger partial charge in [0.25, 0.3) is 5.56 Å². The van der Waals surface area contributed by atoms with Crippen molar-refractivity contribution in [1.82, 2.24) is 4.57 Å². The summed E-state index contributed by atoms with van der Waals surface area (Å²) in [4.78, 5) is 24.0. The van der Waals surface area contributed by atoms with Crippen LogP contribution in [0.4, 0.5) is 0 Å². The van der Waals surface area contributed by atoms with Crippen molar-refractivity contribution < 1.29 is 9.53 Å². The molecule has 0 N–H and O–H groups in total. The molecule has 0 spiro atoms. The van der Waals surface area contributed by atoms with Gasteiger partial charge in [0.2, 0.25) is 0 Å². The summed E-state index contributed by atoms with van der Waals surface area (Å²) in [6.45, 7) is 3.82. The van der Waals surface area contributed by atoms with Gasteiger partial charge >= 0.3 is 5.97 Å². The Balaban J connectivity index is 2.45. The van der Waals surface area contributed by atoms with E-state index >= 15 is 0 Å². The number of aromatic nitrogens is 1. The third kappa shape index (κ3) is 2.52. The molecule has 19 heavy (non-hydrogen) atoms. The van der Waals surface area contributed by atoms with Crippen LogP contribution in [0.15, 0.2) is 41.3 Å². The fourth-order valence-electron chi connectivity index (χ4n) is 2.12. The quantitative estimate of drug-likeness (QED) is 0.794. The molecule has 100 valence electrons. The van der Waals surface area contributed by atoms with E-state index in [1.165, 1.54) is 7.11 Å². The van der Waals surface area contributed by atoms with Crippen LogP contribution < -0.4 is 5.56 Å². The third-order valence-corrected chi connectivity index (χ3v) is 3.19. The predicted molar refractivity (Wildman–Crippen MR) is 74.0 cm³/mol. The lowest BCUT2D eigenvalue weighted by Gasteiger charge is -2.22. The first kappa shape index (κ1) is 13.3. The molecule has 0 fully saturated rings. The topological polar surface area (TPSA) is 48.3 Å². The van der Waals surface area contributed by atoms with Gasteiger partial charge in [-0.05, 0) is 31.4 Å². The minimum Gasteiger partial charge on any atom is -0.469 e. The fourth-order valence-corrected chi connectivity index (χ4v) is 2.12. The minimum atomic E-state index is -0.735. The number of fused-ring (bicyclic) bond motifs is 1. The molecular weight excluding hydrogens is 242 g/mol. The Morgan fingerprint density at radius 2 is 1.95 bits per heavy atom. The van der Waals surface area contributed by atoms with Crippen LogP contribution in [-0.4, -0.2) is 17.6 Å². The fraction of sp³-hybridized carbons (Fsp3) is 0.333. The van der Waals surface area contributed by atoms with Gasteiger partial charge in [0.05, 0.1) is 12.5 Å². The van der Waals surface area contributed by atoms with Crippen LogP contribution in [0.25, 0.3) is 10.8 Å². The normalized spacial score (nSPS) is 11.5. The highest BCUT2D eigenvalue weighted by molar-refractivity contribution is 5.81. The van der Waals surface area contributed by atoms with Gasteiger partial charge in [0, 0.05) is 18.1 Å². The van der Waals surface area contributed by atoms with Crippen molar-refractivity contribution in [3.8, 4) is 0 Å². The van der Waals surface area contributed by atoms with Crippen molar-refractivity contribution in [3.63, 3.8) is 0 Å². The van der Waals surface area contributed by atoms with Crippen LogP contribution in [0.3, 0.4) is 0 Å². The Morgan fingerprint density at radius 1 is 1.26 bits per heavy atom. The highest BCUT2D eigenvalue weighted by atomic mass is 16.5. The lowest BCUT2D eigenvalue weighted by atomic mass is 9.93.